The van der Waals surface area contributed by atoms with Gasteiger partial charge in [0.15, 0.2) is 5.96 Å². The summed E-state index contributed by atoms with van der Waals surface area (Å²) in [4.78, 5) is 8.86. The topological polar surface area (TPSA) is 72.5 Å². The highest BCUT2D eigenvalue weighted by molar-refractivity contribution is 5.92. The highest BCUT2D eigenvalue weighted by atomic mass is 16.5. The number of rotatable bonds is 4. The van der Waals surface area contributed by atoms with E-state index in [9.17, 15) is 0 Å². The fraction of sp³-hybridized carbons (Fsp3) is 0.368. The summed E-state index contributed by atoms with van der Waals surface area (Å²) in [6.07, 6.45) is 5.37. The molecule has 0 spiro atoms. The van der Waals surface area contributed by atoms with E-state index >= 15 is 0 Å². The molecule has 0 saturated carbocycles. The van der Waals surface area contributed by atoms with Crippen molar-refractivity contribution in [2.24, 2.45) is 10.7 Å². The van der Waals surface area contributed by atoms with Crippen LogP contribution in [0.1, 0.15) is 34.4 Å². The normalized spacial score (nSPS) is 13.7. The number of aliphatic imine (C=N–C) groups is 1. The van der Waals surface area contributed by atoms with Gasteiger partial charge in [-0.15, -0.1) is 0 Å². The molecule has 0 unspecified atom stereocenters. The molecule has 3 N–H and O–H groups in total. The number of fused-ring (bicyclic) bond motifs is 1. The van der Waals surface area contributed by atoms with Crippen molar-refractivity contribution in [1.29, 1.82) is 0 Å². The van der Waals surface area contributed by atoms with Crippen LogP contribution in [-0.2, 0) is 19.4 Å². The molecule has 1 aliphatic rings. The lowest BCUT2D eigenvalue weighted by atomic mass is 10.1. The van der Waals surface area contributed by atoms with Crippen LogP contribution in [-0.4, -0.2) is 18.1 Å². The van der Waals surface area contributed by atoms with E-state index in [4.69, 9.17) is 10.5 Å². The molecular formula is C19H24N4O. The van der Waals surface area contributed by atoms with Gasteiger partial charge in [0, 0.05) is 23.0 Å². The number of methoxy groups -OCH3 is 1. The molecule has 24 heavy (non-hydrogen) atoms. The summed E-state index contributed by atoms with van der Waals surface area (Å²) in [6.45, 7) is 4.40. The van der Waals surface area contributed by atoms with Crippen molar-refractivity contribution in [1.82, 2.24) is 4.98 Å². The number of nitrogens with zero attached hydrogens (tertiary/aromatic N) is 2. The van der Waals surface area contributed by atoms with Crippen LogP contribution in [0, 0.1) is 13.8 Å². The van der Waals surface area contributed by atoms with Crippen molar-refractivity contribution in [2.45, 2.75) is 39.7 Å². The minimum Gasteiger partial charge on any atom is -0.496 e. The summed E-state index contributed by atoms with van der Waals surface area (Å²) in [6, 6.07) is 6.41. The standard InChI is InChI=1S/C19H24N4O/c1-12-10-21-17(13(2)18(12)24-3)11-22-19(20)23-16-8-7-14-5-4-6-15(14)9-16/h7-10H,4-6,11H2,1-3H3,(H3,20,22,23). The maximum absolute atomic E-state index is 6.03. The van der Waals surface area contributed by atoms with Crippen molar-refractivity contribution in [2.75, 3.05) is 12.4 Å². The van der Waals surface area contributed by atoms with Gasteiger partial charge >= 0.3 is 0 Å². The third-order valence-corrected chi connectivity index (χ3v) is 4.52. The first-order valence-corrected chi connectivity index (χ1v) is 8.26. The molecule has 0 amide bonds. The Kier molecular flexibility index (Phi) is 4.69. The van der Waals surface area contributed by atoms with E-state index in [-0.39, 0.29) is 0 Å². The molecule has 0 fully saturated rings. The zero-order valence-corrected chi connectivity index (χ0v) is 14.5. The number of nitrogens with one attached hydrogen (secondary N) is 1. The van der Waals surface area contributed by atoms with Crippen LogP contribution >= 0.6 is 0 Å². The van der Waals surface area contributed by atoms with E-state index < -0.39 is 0 Å². The number of aromatic nitrogens is 1. The Bertz CT molecular complexity index is 783. The highest BCUT2D eigenvalue weighted by Crippen LogP contribution is 2.25. The minimum absolute atomic E-state index is 0.397. The Morgan fingerprint density at radius 2 is 2.08 bits per heavy atom. The van der Waals surface area contributed by atoms with Crippen LogP contribution in [0.15, 0.2) is 29.4 Å². The molecule has 5 nitrogen and oxygen atoms in total. The second-order valence-corrected chi connectivity index (χ2v) is 6.21. The SMILES string of the molecule is COc1c(C)cnc(CN=C(N)Nc2ccc3c(c2)CCC3)c1C. The van der Waals surface area contributed by atoms with Gasteiger partial charge in [0.25, 0.3) is 0 Å². The van der Waals surface area contributed by atoms with Gasteiger partial charge < -0.3 is 15.8 Å². The Morgan fingerprint density at radius 1 is 1.29 bits per heavy atom. The highest BCUT2D eigenvalue weighted by Gasteiger charge is 2.11. The number of pyridine rings is 1. The van der Waals surface area contributed by atoms with Crippen molar-refractivity contribution in [3.63, 3.8) is 0 Å². The second-order valence-electron chi connectivity index (χ2n) is 6.21. The fourth-order valence-electron chi connectivity index (χ4n) is 3.23. The summed E-state index contributed by atoms with van der Waals surface area (Å²) in [5.74, 6) is 1.26. The molecule has 1 heterocycles. The summed E-state index contributed by atoms with van der Waals surface area (Å²) < 4.78 is 5.43. The van der Waals surface area contributed by atoms with Crippen LogP contribution in [0.4, 0.5) is 5.69 Å². The van der Waals surface area contributed by atoms with Gasteiger partial charge in [0.1, 0.15) is 5.75 Å². The van der Waals surface area contributed by atoms with E-state index in [0.717, 1.165) is 34.7 Å². The first-order valence-electron chi connectivity index (χ1n) is 8.26. The van der Waals surface area contributed by atoms with E-state index in [2.05, 4.69) is 33.5 Å². The van der Waals surface area contributed by atoms with Crippen LogP contribution in [0.3, 0.4) is 0 Å². The average molecular weight is 324 g/mol. The van der Waals surface area contributed by atoms with Gasteiger partial charge in [-0.05, 0) is 56.4 Å². The van der Waals surface area contributed by atoms with Gasteiger partial charge in [-0.3, -0.25) is 4.98 Å². The van der Waals surface area contributed by atoms with Crippen molar-refractivity contribution < 1.29 is 4.74 Å². The van der Waals surface area contributed by atoms with Crippen LogP contribution < -0.4 is 15.8 Å². The number of ether oxygens (including phenoxy) is 1. The van der Waals surface area contributed by atoms with Crippen molar-refractivity contribution >= 4 is 11.6 Å². The summed E-state index contributed by atoms with van der Waals surface area (Å²) in [7, 11) is 1.67. The van der Waals surface area contributed by atoms with Crippen molar-refractivity contribution in [3.8, 4) is 5.75 Å². The predicted octanol–water partition coefficient (Wildman–Crippen LogP) is 3.12. The first-order chi connectivity index (χ1) is 11.6. The van der Waals surface area contributed by atoms with E-state index in [1.54, 1.807) is 13.3 Å². The number of aryl methyl sites for hydroxylation is 3. The summed E-state index contributed by atoms with van der Waals surface area (Å²) in [5, 5.41) is 3.17. The lowest BCUT2D eigenvalue weighted by molar-refractivity contribution is 0.407. The molecule has 5 heteroatoms. The number of nitrogens with two attached hydrogens (primary N) is 1. The van der Waals surface area contributed by atoms with E-state index in [0.29, 0.717) is 12.5 Å². The lowest BCUT2D eigenvalue weighted by Crippen LogP contribution is -2.22. The molecule has 1 aliphatic carbocycles. The number of guanidine groups is 1. The predicted molar refractivity (Wildman–Crippen MR) is 97.7 cm³/mol. The largest absolute Gasteiger partial charge is 0.496 e. The maximum Gasteiger partial charge on any atom is 0.193 e. The van der Waals surface area contributed by atoms with Crippen molar-refractivity contribution in [3.05, 3.63) is 52.3 Å². The van der Waals surface area contributed by atoms with Gasteiger partial charge in [-0.25, -0.2) is 4.99 Å². The minimum atomic E-state index is 0.397. The summed E-state index contributed by atoms with van der Waals surface area (Å²) in [5.41, 5.74) is 12.8. The number of hydrogen-bond acceptors (Lipinski definition) is 3. The van der Waals surface area contributed by atoms with Crippen LogP contribution in [0.25, 0.3) is 0 Å². The third kappa shape index (κ3) is 3.35. The molecule has 0 radical (unpaired) electrons. The van der Waals surface area contributed by atoms with E-state index in [1.165, 1.54) is 24.0 Å². The Labute approximate surface area is 143 Å². The molecule has 1 aromatic heterocycles. The third-order valence-electron chi connectivity index (χ3n) is 4.52. The number of hydrogen-bond donors (Lipinski definition) is 2. The summed E-state index contributed by atoms with van der Waals surface area (Å²) >= 11 is 0. The number of anilines is 1. The second kappa shape index (κ2) is 6.91. The van der Waals surface area contributed by atoms with Gasteiger partial charge in [-0.1, -0.05) is 6.07 Å². The molecule has 0 bridgehead atoms. The maximum atomic E-state index is 6.03. The molecular weight excluding hydrogens is 300 g/mol. The zero-order chi connectivity index (χ0) is 17.1. The lowest BCUT2D eigenvalue weighted by Gasteiger charge is -2.11. The quantitative estimate of drug-likeness (QED) is 0.669. The molecule has 0 saturated heterocycles. The fourth-order valence-corrected chi connectivity index (χ4v) is 3.23. The molecule has 1 aromatic carbocycles. The smallest absolute Gasteiger partial charge is 0.193 e. The molecule has 126 valence electrons. The molecule has 2 aromatic rings. The monoisotopic (exact) mass is 324 g/mol. The van der Waals surface area contributed by atoms with Gasteiger partial charge in [0.05, 0.1) is 19.3 Å². The number of benzene rings is 1. The van der Waals surface area contributed by atoms with Gasteiger partial charge in [-0.2, -0.15) is 0 Å². The average Bonchev–Trinajstić information content (AvgIpc) is 3.02. The molecule has 0 aliphatic heterocycles. The van der Waals surface area contributed by atoms with Crippen LogP contribution in [0.5, 0.6) is 5.75 Å². The molecule has 0 atom stereocenters. The molecule has 3 rings (SSSR count). The zero-order valence-electron chi connectivity index (χ0n) is 14.5. The first kappa shape index (κ1) is 16.3. The van der Waals surface area contributed by atoms with Crippen LogP contribution in [0.2, 0.25) is 0 Å². The Balaban J connectivity index is 1.71. The Hall–Kier alpha value is -2.56. The van der Waals surface area contributed by atoms with Gasteiger partial charge in [0.2, 0.25) is 0 Å². The van der Waals surface area contributed by atoms with E-state index in [1.807, 2.05) is 13.8 Å². The Morgan fingerprint density at radius 3 is 2.88 bits per heavy atom.